The molecule has 3 heterocycles. The van der Waals surface area contributed by atoms with Crippen LogP contribution in [0.25, 0.3) is 0 Å². The summed E-state index contributed by atoms with van der Waals surface area (Å²) in [6.07, 6.45) is 3.64. The lowest BCUT2D eigenvalue weighted by atomic mass is 9.70. The first-order valence-corrected chi connectivity index (χ1v) is 12.4. The van der Waals surface area contributed by atoms with Crippen LogP contribution in [-0.2, 0) is 25.7 Å². The second-order valence-corrected chi connectivity index (χ2v) is 11.5. The number of rotatable bonds is 5. The number of nitrogens with one attached hydrogen (secondary N) is 2. The fourth-order valence-corrected chi connectivity index (χ4v) is 5.89. The summed E-state index contributed by atoms with van der Waals surface area (Å²) in [5.74, 6) is -2.53. The molecule has 188 valence electrons. The van der Waals surface area contributed by atoms with Crippen LogP contribution in [0.15, 0.2) is 66.7 Å². The van der Waals surface area contributed by atoms with Crippen molar-refractivity contribution in [2.45, 2.75) is 57.0 Å². The number of amides is 3. The van der Waals surface area contributed by atoms with Crippen molar-refractivity contribution in [3.63, 3.8) is 0 Å². The van der Waals surface area contributed by atoms with Crippen LogP contribution in [0.5, 0.6) is 0 Å². The summed E-state index contributed by atoms with van der Waals surface area (Å²) in [7, 11) is 0. The summed E-state index contributed by atoms with van der Waals surface area (Å²) in [5.41, 5.74) is -1.31. The van der Waals surface area contributed by atoms with E-state index in [1.165, 1.54) is 0 Å². The van der Waals surface area contributed by atoms with Gasteiger partial charge in [-0.1, -0.05) is 54.1 Å². The van der Waals surface area contributed by atoms with Crippen LogP contribution >= 0.6 is 11.6 Å². The van der Waals surface area contributed by atoms with E-state index in [2.05, 4.69) is 10.6 Å². The largest absolute Gasteiger partial charge is 0.356 e. The zero-order valence-corrected chi connectivity index (χ0v) is 21.5. The van der Waals surface area contributed by atoms with Crippen LogP contribution in [0.4, 0.5) is 5.69 Å². The summed E-state index contributed by atoms with van der Waals surface area (Å²) < 4.78 is 6.53. The number of anilines is 1. The molecule has 3 amide bonds. The third-order valence-corrected chi connectivity index (χ3v) is 7.39. The highest BCUT2D eigenvalue weighted by molar-refractivity contribution is 6.30. The number of benzene rings is 2. The molecule has 5 atom stereocenters. The molecule has 2 bridgehead atoms. The number of hydrogen-bond donors (Lipinski definition) is 2. The molecule has 5 unspecified atom stereocenters. The van der Waals surface area contributed by atoms with Crippen molar-refractivity contribution >= 4 is 35.0 Å². The number of halogens is 1. The minimum absolute atomic E-state index is 0.192. The van der Waals surface area contributed by atoms with Crippen molar-refractivity contribution < 1.29 is 19.1 Å². The average molecular weight is 508 g/mol. The first-order valence-electron chi connectivity index (χ1n) is 12.1. The van der Waals surface area contributed by atoms with Crippen LogP contribution in [0.1, 0.15) is 33.3 Å². The molecule has 0 aromatic heterocycles. The molecule has 0 aliphatic carbocycles. The third kappa shape index (κ3) is 4.00. The fraction of sp³-hybridized carbons (Fsp3) is 0.393. The van der Waals surface area contributed by atoms with E-state index in [0.29, 0.717) is 10.7 Å². The van der Waals surface area contributed by atoms with Crippen LogP contribution in [0, 0.1) is 11.8 Å². The number of fused-ring (bicyclic) bond motifs is 1. The number of likely N-dealkylation sites (tertiary alicyclic amines) is 1. The van der Waals surface area contributed by atoms with Crippen molar-refractivity contribution in [1.29, 1.82) is 0 Å². The molecule has 1 spiro atoms. The highest BCUT2D eigenvalue weighted by Crippen LogP contribution is 2.60. The third-order valence-electron chi connectivity index (χ3n) is 7.13. The Morgan fingerprint density at radius 2 is 1.69 bits per heavy atom. The van der Waals surface area contributed by atoms with E-state index in [9.17, 15) is 14.4 Å². The molecular formula is C28H30ClN3O4. The topological polar surface area (TPSA) is 87.7 Å². The number of para-hydroxylation sites is 1. The first-order chi connectivity index (χ1) is 16.9. The van der Waals surface area contributed by atoms with E-state index < -0.39 is 34.6 Å². The van der Waals surface area contributed by atoms with Gasteiger partial charge in [-0.15, -0.1) is 0 Å². The van der Waals surface area contributed by atoms with Crippen molar-refractivity contribution in [2.24, 2.45) is 11.8 Å². The van der Waals surface area contributed by atoms with E-state index in [1.54, 1.807) is 36.1 Å². The highest BCUT2D eigenvalue weighted by Gasteiger charge is 2.76. The van der Waals surface area contributed by atoms with Crippen LogP contribution in [0.2, 0.25) is 5.02 Å². The molecule has 36 heavy (non-hydrogen) atoms. The summed E-state index contributed by atoms with van der Waals surface area (Å²) in [6, 6.07) is 15.3. The number of carbonyl (C=O) groups is 3. The first kappa shape index (κ1) is 24.5. The molecule has 3 aliphatic rings. The SMILES string of the molecule is CC(C)(C)NC(=O)C1N(Cc2ccc(Cl)cc2)C(=O)C2C(C(=O)Nc3ccccc3)C3(C)C=CC21O3. The Bertz CT molecular complexity index is 1240. The Kier molecular flexibility index (Phi) is 5.76. The molecule has 2 N–H and O–H groups in total. The van der Waals surface area contributed by atoms with Gasteiger partial charge in [-0.05, 0) is 57.5 Å². The summed E-state index contributed by atoms with van der Waals surface area (Å²) >= 11 is 6.05. The Hall–Kier alpha value is -3.16. The van der Waals surface area contributed by atoms with Gasteiger partial charge in [0.15, 0.2) is 0 Å². The maximum Gasteiger partial charge on any atom is 0.246 e. The Labute approximate surface area is 215 Å². The number of carbonyl (C=O) groups excluding carboxylic acids is 3. The normalized spacial score (nSPS) is 30.4. The quantitative estimate of drug-likeness (QED) is 0.600. The number of ether oxygens (including phenoxy) is 1. The van der Waals surface area contributed by atoms with Crippen molar-refractivity contribution in [1.82, 2.24) is 10.2 Å². The lowest BCUT2D eigenvalue weighted by Gasteiger charge is -2.35. The highest BCUT2D eigenvalue weighted by atomic mass is 35.5. The van der Waals surface area contributed by atoms with Crippen molar-refractivity contribution in [3.8, 4) is 0 Å². The Balaban J connectivity index is 1.54. The van der Waals surface area contributed by atoms with Gasteiger partial charge in [0.05, 0.1) is 17.4 Å². The van der Waals surface area contributed by atoms with Gasteiger partial charge < -0.3 is 20.3 Å². The lowest BCUT2D eigenvalue weighted by Crippen LogP contribution is -2.57. The maximum atomic E-state index is 14.1. The molecule has 0 radical (unpaired) electrons. The predicted molar refractivity (Wildman–Crippen MR) is 137 cm³/mol. The monoisotopic (exact) mass is 507 g/mol. The maximum absolute atomic E-state index is 14.1. The fourth-order valence-electron chi connectivity index (χ4n) is 5.77. The Morgan fingerprint density at radius 1 is 1.03 bits per heavy atom. The van der Waals surface area contributed by atoms with E-state index in [-0.39, 0.29) is 24.3 Å². The van der Waals surface area contributed by atoms with E-state index >= 15 is 0 Å². The standard InChI is InChI=1S/C28H30ClN3O4/c1-26(2,3)31-24(34)22-28-15-14-27(4,36-28)20(23(33)30-19-8-6-5-7-9-19)21(28)25(35)32(22)16-17-10-12-18(29)13-11-17/h5-15,20-22H,16H2,1-4H3,(H,30,33)(H,31,34). The van der Waals surface area contributed by atoms with Crippen LogP contribution in [-0.4, -0.2) is 45.4 Å². The van der Waals surface area contributed by atoms with Gasteiger partial charge in [-0.2, -0.15) is 0 Å². The minimum atomic E-state index is -1.24. The van der Waals surface area contributed by atoms with Crippen LogP contribution < -0.4 is 10.6 Å². The molecule has 2 aromatic rings. The second kappa shape index (κ2) is 8.46. The molecule has 7 nitrogen and oxygen atoms in total. The minimum Gasteiger partial charge on any atom is -0.356 e. The zero-order chi connectivity index (χ0) is 25.9. The van der Waals surface area contributed by atoms with Crippen molar-refractivity contribution in [3.05, 3.63) is 77.3 Å². The van der Waals surface area contributed by atoms with Gasteiger partial charge in [0.2, 0.25) is 17.7 Å². The van der Waals surface area contributed by atoms with E-state index in [1.807, 2.05) is 63.3 Å². The zero-order valence-electron chi connectivity index (χ0n) is 20.7. The van der Waals surface area contributed by atoms with Crippen molar-refractivity contribution in [2.75, 3.05) is 5.32 Å². The molecule has 2 fully saturated rings. The molecule has 5 rings (SSSR count). The average Bonchev–Trinajstić information content (AvgIpc) is 3.36. The van der Waals surface area contributed by atoms with Gasteiger partial charge in [0.1, 0.15) is 11.6 Å². The molecule has 0 saturated carbocycles. The van der Waals surface area contributed by atoms with Crippen LogP contribution in [0.3, 0.4) is 0 Å². The molecule has 2 aromatic carbocycles. The summed E-state index contributed by atoms with van der Waals surface area (Å²) in [6.45, 7) is 7.67. The van der Waals surface area contributed by atoms with Gasteiger partial charge >= 0.3 is 0 Å². The van der Waals surface area contributed by atoms with E-state index in [0.717, 1.165) is 5.56 Å². The molecular weight excluding hydrogens is 478 g/mol. The second-order valence-electron chi connectivity index (χ2n) is 11.0. The smallest absolute Gasteiger partial charge is 0.246 e. The van der Waals surface area contributed by atoms with Gasteiger partial charge in [-0.25, -0.2) is 0 Å². The summed E-state index contributed by atoms with van der Waals surface area (Å²) in [4.78, 5) is 42.9. The predicted octanol–water partition coefficient (Wildman–Crippen LogP) is 3.93. The molecule has 2 saturated heterocycles. The van der Waals surface area contributed by atoms with Gasteiger partial charge in [0, 0.05) is 22.8 Å². The lowest BCUT2D eigenvalue weighted by molar-refractivity contribution is -0.145. The molecule has 3 aliphatic heterocycles. The van der Waals surface area contributed by atoms with E-state index in [4.69, 9.17) is 16.3 Å². The molecule has 8 heteroatoms. The summed E-state index contributed by atoms with van der Waals surface area (Å²) in [5, 5.41) is 6.55. The Morgan fingerprint density at radius 3 is 2.33 bits per heavy atom. The number of hydrogen-bond acceptors (Lipinski definition) is 4. The number of nitrogens with zero attached hydrogens (tertiary/aromatic N) is 1. The van der Waals surface area contributed by atoms with Gasteiger partial charge in [-0.3, -0.25) is 14.4 Å². The van der Waals surface area contributed by atoms with Gasteiger partial charge in [0.25, 0.3) is 0 Å².